The number of guanidine groups is 1. The molecule has 0 spiro atoms. The molecule has 0 radical (unpaired) electrons. The number of nitrogens with two attached hydrogens (primary N) is 1. The lowest BCUT2D eigenvalue weighted by molar-refractivity contribution is 0.687. The maximum absolute atomic E-state index is 6.01. The monoisotopic (exact) mass is 315 g/mol. The van der Waals surface area contributed by atoms with E-state index in [1.807, 2.05) is 6.92 Å². The lowest BCUT2D eigenvalue weighted by Gasteiger charge is -2.19. The lowest BCUT2D eigenvalue weighted by atomic mass is 9.90. The molecule has 1 aromatic carbocycles. The number of hydrogen-bond acceptors (Lipinski definition) is 4. The molecule has 0 aliphatic heterocycles. The number of fused-ring (bicyclic) bond motifs is 1. The zero-order valence-electron chi connectivity index (χ0n) is 12.8. The normalized spacial score (nSPS) is 14.7. The van der Waals surface area contributed by atoms with E-state index < -0.39 is 0 Å². The van der Waals surface area contributed by atoms with Crippen LogP contribution in [0.2, 0.25) is 0 Å². The molecule has 116 valence electrons. The summed E-state index contributed by atoms with van der Waals surface area (Å²) >= 11 is 1.61. The Morgan fingerprint density at radius 3 is 3.00 bits per heavy atom. The van der Waals surface area contributed by atoms with Gasteiger partial charge in [0.2, 0.25) is 0 Å². The van der Waals surface area contributed by atoms with Crippen molar-refractivity contribution in [2.45, 2.75) is 39.0 Å². The van der Waals surface area contributed by atoms with Crippen molar-refractivity contribution < 1.29 is 0 Å². The van der Waals surface area contributed by atoms with Crippen molar-refractivity contribution in [1.82, 2.24) is 10.2 Å². The fraction of sp³-hybridized carbons (Fsp3) is 0.438. The van der Waals surface area contributed by atoms with Gasteiger partial charge in [0.05, 0.1) is 0 Å². The Morgan fingerprint density at radius 1 is 1.32 bits per heavy atom. The zero-order valence-corrected chi connectivity index (χ0v) is 13.6. The van der Waals surface area contributed by atoms with E-state index in [1.165, 1.54) is 24.0 Å². The molecule has 1 heterocycles. The summed E-state index contributed by atoms with van der Waals surface area (Å²) in [7, 11) is 0. The van der Waals surface area contributed by atoms with Gasteiger partial charge in [-0.25, -0.2) is 0 Å². The van der Waals surface area contributed by atoms with Gasteiger partial charge >= 0.3 is 0 Å². The third kappa shape index (κ3) is 3.62. The molecule has 3 rings (SSSR count). The summed E-state index contributed by atoms with van der Waals surface area (Å²) in [5.74, 6) is 0.472. The van der Waals surface area contributed by atoms with Gasteiger partial charge in [0, 0.05) is 18.7 Å². The van der Waals surface area contributed by atoms with Gasteiger partial charge in [0.1, 0.15) is 10.0 Å². The zero-order chi connectivity index (χ0) is 15.4. The van der Waals surface area contributed by atoms with Crippen LogP contribution in [0.1, 0.15) is 34.0 Å². The third-order valence-corrected chi connectivity index (χ3v) is 4.73. The van der Waals surface area contributed by atoms with Crippen LogP contribution in [0.25, 0.3) is 0 Å². The Balaban J connectivity index is 1.61. The van der Waals surface area contributed by atoms with Gasteiger partial charge in [-0.15, -0.1) is 21.5 Å². The molecule has 0 atom stereocenters. The average molecular weight is 315 g/mol. The molecule has 0 bridgehead atoms. The highest BCUT2D eigenvalue weighted by Crippen LogP contribution is 2.27. The van der Waals surface area contributed by atoms with E-state index in [-0.39, 0.29) is 0 Å². The maximum atomic E-state index is 6.01. The number of nitrogens with zero attached hydrogens (tertiary/aromatic N) is 3. The molecular formula is C16H21N5S. The topological polar surface area (TPSA) is 76.2 Å². The molecule has 0 fully saturated rings. The Kier molecular flexibility index (Phi) is 4.68. The molecule has 6 heteroatoms. The second-order valence-corrected chi connectivity index (χ2v) is 6.77. The van der Waals surface area contributed by atoms with Crippen LogP contribution in [-0.2, 0) is 19.3 Å². The number of benzene rings is 1. The molecule has 22 heavy (non-hydrogen) atoms. The van der Waals surface area contributed by atoms with Crippen LogP contribution in [0.4, 0.5) is 5.69 Å². The molecule has 1 aliphatic rings. The van der Waals surface area contributed by atoms with Gasteiger partial charge < -0.3 is 11.1 Å². The maximum Gasteiger partial charge on any atom is 0.193 e. The summed E-state index contributed by atoms with van der Waals surface area (Å²) in [5.41, 5.74) is 9.95. The highest BCUT2D eigenvalue weighted by Gasteiger charge is 2.13. The standard InChI is InChI=1S/C16H21N5S/c1-11-20-21-15(22-11)9-10-18-16(17)19-14-8-4-6-12-5-2-3-7-13(12)14/h4,6,8H,2-3,5,7,9-10H2,1H3,(H3,17,18,19). The molecule has 0 saturated heterocycles. The SMILES string of the molecule is Cc1nnc(CCN=C(N)Nc2cccc3c2CCCC3)s1. The van der Waals surface area contributed by atoms with Crippen LogP contribution >= 0.6 is 11.3 Å². The van der Waals surface area contributed by atoms with E-state index in [4.69, 9.17) is 5.73 Å². The largest absolute Gasteiger partial charge is 0.370 e. The molecule has 3 N–H and O–H groups in total. The Morgan fingerprint density at radius 2 is 2.18 bits per heavy atom. The smallest absolute Gasteiger partial charge is 0.193 e. The minimum Gasteiger partial charge on any atom is -0.370 e. The molecule has 0 saturated carbocycles. The van der Waals surface area contributed by atoms with Gasteiger partial charge in [-0.3, -0.25) is 4.99 Å². The van der Waals surface area contributed by atoms with Crippen LogP contribution in [0, 0.1) is 6.92 Å². The van der Waals surface area contributed by atoms with Crippen LogP contribution < -0.4 is 11.1 Å². The summed E-state index contributed by atoms with van der Waals surface area (Å²) in [6, 6.07) is 6.38. The first-order chi connectivity index (χ1) is 10.7. The number of rotatable bonds is 4. The van der Waals surface area contributed by atoms with E-state index in [0.29, 0.717) is 12.5 Å². The summed E-state index contributed by atoms with van der Waals surface area (Å²) in [4.78, 5) is 4.40. The second kappa shape index (κ2) is 6.87. The minimum atomic E-state index is 0.472. The summed E-state index contributed by atoms with van der Waals surface area (Å²) < 4.78 is 0. The molecule has 5 nitrogen and oxygen atoms in total. The average Bonchev–Trinajstić information content (AvgIpc) is 2.93. The molecule has 0 amide bonds. The quantitative estimate of drug-likeness (QED) is 0.672. The van der Waals surface area contributed by atoms with Gasteiger partial charge in [0.15, 0.2) is 5.96 Å². The number of aromatic nitrogens is 2. The van der Waals surface area contributed by atoms with Crippen LogP contribution in [-0.4, -0.2) is 22.7 Å². The Bertz CT molecular complexity index is 677. The van der Waals surface area contributed by atoms with Crippen LogP contribution in [0.15, 0.2) is 23.2 Å². The molecule has 0 unspecified atom stereocenters. The van der Waals surface area contributed by atoms with Crippen molar-refractivity contribution in [3.63, 3.8) is 0 Å². The second-order valence-electron chi connectivity index (χ2n) is 5.51. The molecule has 1 aliphatic carbocycles. The predicted molar refractivity (Wildman–Crippen MR) is 91.5 cm³/mol. The fourth-order valence-electron chi connectivity index (χ4n) is 2.79. The first-order valence-corrected chi connectivity index (χ1v) is 8.51. The van der Waals surface area contributed by atoms with Gasteiger partial charge in [0.25, 0.3) is 0 Å². The summed E-state index contributed by atoms with van der Waals surface area (Å²) in [5, 5.41) is 13.3. The van der Waals surface area contributed by atoms with Crippen molar-refractivity contribution >= 4 is 23.0 Å². The Hall–Kier alpha value is -1.95. The first-order valence-electron chi connectivity index (χ1n) is 7.69. The minimum absolute atomic E-state index is 0.472. The number of aliphatic imine (C=N–C) groups is 1. The fourth-order valence-corrected chi connectivity index (χ4v) is 3.48. The summed E-state index contributed by atoms with van der Waals surface area (Å²) in [6.07, 6.45) is 5.59. The third-order valence-electron chi connectivity index (χ3n) is 3.83. The molecule has 1 aromatic heterocycles. The number of aryl methyl sites for hydroxylation is 2. The van der Waals surface area contributed by atoms with E-state index >= 15 is 0 Å². The van der Waals surface area contributed by atoms with E-state index in [1.54, 1.807) is 11.3 Å². The molecular weight excluding hydrogens is 294 g/mol. The van der Waals surface area contributed by atoms with Crippen molar-refractivity contribution in [3.05, 3.63) is 39.3 Å². The van der Waals surface area contributed by atoms with Crippen LogP contribution in [0.5, 0.6) is 0 Å². The van der Waals surface area contributed by atoms with Crippen molar-refractivity contribution in [2.24, 2.45) is 10.7 Å². The number of nitrogens with one attached hydrogen (secondary N) is 1. The highest BCUT2D eigenvalue weighted by atomic mass is 32.1. The number of anilines is 1. The van der Waals surface area contributed by atoms with Gasteiger partial charge in [-0.05, 0) is 49.8 Å². The van der Waals surface area contributed by atoms with E-state index in [0.717, 1.165) is 35.0 Å². The first kappa shape index (κ1) is 15.0. The van der Waals surface area contributed by atoms with Gasteiger partial charge in [-0.1, -0.05) is 12.1 Å². The van der Waals surface area contributed by atoms with Crippen molar-refractivity contribution in [1.29, 1.82) is 0 Å². The Labute approximate surface area is 134 Å². The predicted octanol–water partition coefficient (Wildman–Crippen LogP) is 2.69. The van der Waals surface area contributed by atoms with Crippen molar-refractivity contribution in [3.8, 4) is 0 Å². The number of hydrogen-bond donors (Lipinski definition) is 2. The van der Waals surface area contributed by atoms with Crippen molar-refractivity contribution in [2.75, 3.05) is 11.9 Å². The summed E-state index contributed by atoms with van der Waals surface area (Å²) in [6.45, 7) is 2.58. The van der Waals surface area contributed by atoms with Gasteiger partial charge in [-0.2, -0.15) is 0 Å². The molecule has 2 aromatic rings. The highest BCUT2D eigenvalue weighted by molar-refractivity contribution is 7.11. The lowest BCUT2D eigenvalue weighted by Crippen LogP contribution is -2.24. The van der Waals surface area contributed by atoms with Crippen LogP contribution in [0.3, 0.4) is 0 Å². The van der Waals surface area contributed by atoms with E-state index in [2.05, 4.69) is 38.7 Å². The van der Waals surface area contributed by atoms with E-state index in [9.17, 15) is 0 Å².